The lowest BCUT2D eigenvalue weighted by molar-refractivity contribution is 0.373. The van der Waals surface area contributed by atoms with Crippen molar-refractivity contribution in [3.63, 3.8) is 0 Å². The number of para-hydroxylation sites is 1. The summed E-state index contributed by atoms with van der Waals surface area (Å²) in [4.78, 5) is 0. The third-order valence-corrected chi connectivity index (χ3v) is 4.80. The van der Waals surface area contributed by atoms with Crippen molar-refractivity contribution in [2.24, 2.45) is 0 Å². The molecule has 1 aliphatic rings. The molecule has 104 valence electrons. The van der Waals surface area contributed by atoms with Crippen molar-refractivity contribution in [1.82, 2.24) is 0 Å². The topological polar surface area (TPSA) is 12.0 Å². The van der Waals surface area contributed by atoms with Crippen molar-refractivity contribution in [3.05, 3.63) is 63.3 Å². The Morgan fingerprint density at radius 2 is 1.85 bits per heavy atom. The Hall–Kier alpha value is -1.06. The maximum absolute atomic E-state index is 13.7. The van der Waals surface area contributed by atoms with Crippen LogP contribution in [0.5, 0.6) is 0 Å². The summed E-state index contributed by atoms with van der Waals surface area (Å²) in [7, 11) is 0. The molecule has 0 radical (unpaired) electrons. The molecule has 0 atom stereocenters. The molecule has 2 aromatic rings. The van der Waals surface area contributed by atoms with E-state index in [1.165, 1.54) is 11.6 Å². The van der Waals surface area contributed by atoms with Crippen LogP contribution in [0.3, 0.4) is 0 Å². The van der Waals surface area contributed by atoms with Gasteiger partial charge in [-0.3, -0.25) is 0 Å². The summed E-state index contributed by atoms with van der Waals surface area (Å²) >= 11 is 9.58. The minimum Gasteiger partial charge on any atom is -0.379 e. The van der Waals surface area contributed by atoms with Crippen LogP contribution in [0.4, 0.5) is 10.1 Å². The molecular weight excluding hydrogens is 341 g/mol. The molecule has 0 aliphatic heterocycles. The molecule has 1 aliphatic carbocycles. The van der Waals surface area contributed by atoms with Gasteiger partial charge >= 0.3 is 0 Å². The Bertz CT molecular complexity index is 605. The molecule has 0 heterocycles. The number of benzene rings is 2. The molecule has 0 saturated heterocycles. The molecule has 1 nitrogen and oxygen atoms in total. The van der Waals surface area contributed by atoms with Gasteiger partial charge in [-0.1, -0.05) is 35.9 Å². The third-order valence-electron chi connectivity index (χ3n) is 3.79. The Morgan fingerprint density at radius 3 is 2.55 bits per heavy atom. The highest BCUT2D eigenvalue weighted by atomic mass is 79.9. The van der Waals surface area contributed by atoms with Crippen LogP contribution in [0, 0.1) is 5.82 Å². The first-order valence-corrected chi connectivity index (χ1v) is 7.77. The van der Waals surface area contributed by atoms with Crippen LogP contribution in [0.25, 0.3) is 0 Å². The van der Waals surface area contributed by atoms with E-state index in [4.69, 9.17) is 11.6 Å². The summed E-state index contributed by atoms with van der Waals surface area (Å²) in [6.45, 7) is 0. The lowest BCUT2D eigenvalue weighted by Crippen LogP contribution is -2.34. The predicted octanol–water partition coefficient (Wildman–Crippen LogP) is 5.60. The Morgan fingerprint density at radius 1 is 1.10 bits per heavy atom. The summed E-state index contributed by atoms with van der Waals surface area (Å²) in [6.07, 6.45) is 1.95. The second kappa shape index (κ2) is 5.74. The quantitative estimate of drug-likeness (QED) is 0.756. The fourth-order valence-corrected chi connectivity index (χ4v) is 3.38. The van der Waals surface area contributed by atoms with E-state index < -0.39 is 0 Å². The average Bonchev–Trinajstić information content (AvgIpc) is 2.37. The monoisotopic (exact) mass is 353 g/mol. The first kappa shape index (κ1) is 13.9. The van der Waals surface area contributed by atoms with Gasteiger partial charge in [-0.25, -0.2) is 4.39 Å². The van der Waals surface area contributed by atoms with E-state index in [2.05, 4.69) is 27.3 Å². The van der Waals surface area contributed by atoms with E-state index in [-0.39, 0.29) is 5.82 Å². The van der Waals surface area contributed by atoms with Crippen LogP contribution in [-0.2, 0) is 0 Å². The van der Waals surface area contributed by atoms with Crippen molar-refractivity contribution in [2.45, 2.75) is 24.8 Å². The highest BCUT2D eigenvalue weighted by Crippen LogP contribution is 2.42. The smallest absolute Gasteiger partial charge is 0.147 e. The van der Waals surface area contributed by atoms with E-state index in [0.29, 0.717) is 17.6 Å². The lowest BCUT2D eigenvalue weighted by Gasteiger charge is -2.37. The molecule has 4 heteroatoms. The predicted molar refractivity (Wildman–Crippen MR) is 84.9 cm³/mol. The fourth-order valence-electron chi connectivity index (χ4n) is 2.64. The summed E-state index contributed by atoms with van der Waals surface area (Å²) in [5.41, 5.74) is 1.75. The molecule has 0 amide bonds. The normalized spacial score (nSPS) is 21.4. The Balaban J connectivity index is 1.66. The zero-order valence-corrected chi connectivity index (χ0v) is 13.1. The number of halogens is 3. The Labute approximate surface area is 131 Å². The third kappa shape index (κ3) is 2.70. The van der Waals surface area contributed by atoms with Crippen LogP contribution in [0.15, 0.2) is 46.9 Å². The molecule has 1 N–H and O–H groups in total. The van der Waals surface area contributed by atoms with Gasteiger partial charge in [0, 0.05) is 15.5 Å². The standard InChI is InChI=1S/C16H14BrClFN/c17-13-5-3-7-15(19)16(13)20-11-8-10(9-11)12-4-1-2-6-14(12)18/h1-7,10-11,20H,8-9H2. The zero-order chi connectivity index (χ0) is 14.1. The van der Waals surface area contributed by atoms with E-state index in [1.54, 1.807) is 6.07 Å². The number of nitrogens with one attached hydrogen (secondary N) is 1. The number of hydrogen-bond acceptors (Lipinski definition) is 1. The van der Waals surface area contributed by atoms with Crippen molar-refractivity contribution in [1.29, 1.82) is 0 Å². The van der Waals surface area contributed by atoms with E-state index in [1.807, 2.05) is 24.3 Å². The summed E-state index contributed by atoms with van der Waals surface area (Å²) < 4.78 is 14.5. The van der Waals surface area contributed by atoms with Crippen LogP contribution in [-0.4, -0.2) is 6.04 Å². The van der Waals surface area contributed by atoms with E-state index in [0.717, 1.165) is 22.3 Å². The SMILES string of the molecule is Fc1cccc(Br)c1NC1CC(c2ccccc2Cl)C1. The molecule has 0 spiro atoms. The molecule has 1 fully saturated rings. The second-order valence-corrected chi connectivity index (χ2v) is 6.39. The summed E-state index contributed by atoms with van der Waals surface area (Å²) in [6, 6.07) is 13.2. The molecule has 2 aromatic carbocycles. The highest BCUT2D eigenvalue weighted by Gasteiger charge is 2.32. The van der Waals surface area contributed by atoms with E-state index in [9.17, 15) is 4.39 Å². The number of anilines is 1. The fraction of sp³-hybridized carbons (Fsp3) is 0.250. The highest BCUT2D eigenvalue weighted by molar-refractivity contribution is 9.10. The molecule has 3 rings (SSSR count). The first-order chi connectivity index (χ1) is 9.65. The number of rotatable bonds is 3. The molecule has 0 unspecified atom stereocenters. The minimum absolute atomic E-state index is 0.222. The van der Waals surface area contributed by atoms with Crippen molar-refractivity contribution in [2.75, 3.05) is 5.32 Å². The van der Waals surface area contributed by atoms with Gasteiger partial charge in [0.25, 0.3) is 0 Å². The maximum atomic E-state index is 13.7. The largest absolute Gasteiger partial charge is 0.379 e. The van der Waals surface area contributed by atoms with Crippen LogP contribution >= 0.6 is 27.5 Å². The minimum atomic E-state index is -0.222. The van der Waals surface area contributed by atoms with Crippen molar-refractivity contribution >= 4 is 33.2 Å². The van der Waals surface area contributed by atoms with Gasteiger partial charge in [0.1, 0.15) is 5.82 Å². The first-order valence-electron chi connectivity index (χ1n) is 6.60. The molecule has 1 saturated carbocycles. The van der Waals surface area contributed by atoms with Crippen molar-refractivity contribution < 1.29 is 4.39 Å². The van der Waals surface area contributed by atoms with Gasteiger partial charge in [-0.15, -0.1) is 0 Å². The van der Waals surface area contributed by atoms with Gasteiger partial charge in [0.05, 0.1) is 5.69 Å². The molecule has 20 heavy (non-hydrogen) atoms. The lowest BCUT2D eigenvalue weighted by atomic mass is 9.76. The van der Waals surface area contributed by atoms with Crippen LogP contribution in [0.1, 0.15) is 24.3 Å². The second-order valence-electron chi connectivity index (χ2n) is 5.13. The van der Waals surface area contributed by atoms with Gasteiger partial charge in [0.15, 0.2) is 0 Å². The van der Waals surface area contributed by atoms with Crippen LogP contribution in [0.2, 0.25) is 5.02 Å². The Kier molecular flexibility index (Phi) is 3.99. The average molecular weight is 355 g/mol. The summed E-state index contributed by atoms with van der Waals surface area (Å²) in [5, 5.41) is 4.09. The molecule has 0 aromatic heterocycles. The molecule has 0 bridgehead atoms. The number of hydrogen-bond donors (Lipinski definition) is 1. The summed E-state index contributed by atoms with van der Waals surface area (Å²) in [5.74, 6) is 0.243. The van der Waals surface area contributed by atoms with Gasteiger partial charge < -0.3 is 5.32 Å². The zero-order valence-electron chi connectivity index (χ0n) is 10.7. The van der Waals surface area contributed by atoms with Gasteiger partial charge in [0.2, 0.25) is 0 Å². The van der Waals surface area contributed by atoms with E-state index >= 15 is 0 Å². The molecular formula is C16H14BrClFN. The van der Waals surface area contributed by atoms with Gasteiger partial charge in [-0.2, -0.15) is 0 Å². The van der Waals surface area contributed by atoms with Crippen molar-refractivity contribution in [3.8, 4) is 0 Å². The van der Waals surface area contributed by atoms with Gasteiger partial charge in [-0.05, 0) is 58.5 Å². The van der Waals surface area contributed by atoms with Crippen LogP contribution < -0.4 is 5.32 Å². The maximum Gasteiger partial charge on any atom is 0.147 e.